The Hall–Kier alpha value is -2.74. The van der Waals surface area contributed by atoms with Gasteiger partial charge >= 0.3 is 6.09 Å². The number of fused-ring (bicyclic) bond motifs is 5. The molecule has 3 aliphatic rings. The van der Waals surface area contributed by atoms with Crippen LogP contribution < -0.4 is 0 Å². The van der Waals surface area contributed by atoms with Crippen molar-refractivity contribution in [2.75, 3.05) is 6.54 Å². The molecule has 1 atom stereocenters. The number of amides is 1. The standard InChI is InChI=1S/C28H28BrF2N3O2/c1-26(2,3)36-25(35)34-10-4-5-23(34)24-32-13-22(33-24)16-6-8-18-19-9-7-17(29)12-21(19)27(20(18)11-16)14-28(30,31)15-27/h6-9,11-13,23H,4-5,10,14-15H2,1-3H3,(H,32,33). The number of imidazole rings is 1. The number of halogens is 3. The summed E-state index contributed by atoms with van der Waals surface area (Å²) in [6, 6.07) is 11.9. The molecule has 2 aromatic carbocycles. The lowest BCUT2D eigenvalue weighted by Gasteiger charge is -2.46. The van der Waals surface area contributed by atoms with Crippen LogP contribution >= 0.6 is 15.9 Å². The Bertz CT molecular complexity index is 1370. The molecule has 1 spiro atoms. The number of rotatable bonds is 2. The van der Waals surface area contributed by atoms with Crippen LogP contribution in [0.5, 0.6) is 0 Å². The van der Waals surface area contributed by atoms with Crippen LogP contribution in [-0.4, -0.2) is 39.0 Å². The van der Waals surface area contributed by atoms with Gasteiger partial charge in [0.15, 0.2) is 0 Å². The molecule has 0 radical (unpaired) electrons. The quantitative estimate of drug-likeness (QED) is 0.354. The molecule has 8 heteroatoms. The monoisotopic (exact) mass is 555 g/mol. The number of ether oxygens (including phenoxy) is 1. The maximum absolute atomic E-state index is 14.3. The second-order valence-corrected chi connectivity index (χ2v) is 12.2. The number of carbonyl (C=O) groups excluding carboxylic acids is 1. The summed E-state index contributed by atoms with van der Waals surface area (Å²) in [4.78, 5) is 22.5. The summed E-state index contributed by atoms with van der Waals surface area (Å²) in [7, 11) is 0. The van der Waals surface area contributed by atoms with Crippen LogP contribution in [0.15, 0.2) is 47.1 Å². The van der Waals surface area contributed by atoms with Crippen LogP contribution in [0.3, 0.4) is 0 Å². The zero-order valence-corrected chi connectivity index (χ0v) is 22.1. The van der Waals surface area contributed by atoms with Gasteiger partial charge < -0.3 is 9.72 Å². The van der Waals surface area contributed by atoms with Crippen molar-refractivity contribution in [3.8, 4) is 22.4 Å². The summed E-state index contributed by atoms with van der Waals surface area (Å²) in [6.07, 6.45) is 2.76. The third kappa shape index (κ3) is 3.76. The Morgan fingerprint density at radius 3 is 2.53 bits per heavy atom. The van der Waals surface area contributed by atoms with Gasteiger partial charge in [-0.3, -0.25) is 4.90 Å². The second-order valence-electron chi connectivity index (χ2n) is 11.3. The number of alkyl halides is 2. The van der Waals surface area contributed by atoms with Crippen molar-refractivity contribution in [2.45, 2.75) is 69.4 Å². The lowest BCUT2D eigenvalue weighted by molar-refractivity contribution is -0.112. The van der Waals surface area contributed by atoms with Gasteiger partial charge in [0.25, 0.3) is 5.92 Å². The predicted molar refractivity (Wildman–Crippen MR) is 137 cm³/mol. The number of carbonyl (C=O) groups is 1. The number of aromatic amines is 1. The Morgan fingerprint density at radius 2 is 1.83 bits per heavy atom. The van der Waals surface area contributed by atoms with Crippen molar-refractivity contribution >= 4 is 22.0 Å². The summed E-state index contributed by atoms with van der Waals surface area (Å²) in [6.45, 7) is 6.20. The van der Waals surface area contributed by atoms with E-state index in [0.717, 1.165) is 50.8 Å². The maximum atomic E-state index is 14.3. The number of nitrogens with one attached hydrogen (secondary N) is 1. The topological polar surface area (TPSA) is 58.2 Å². The van der Waals surface area contributed by atoms with Crippen LogP contribution in [0, 0.1) is 0 Å². The minimum absolute atomic E-state index is 0.179. The fourth-order valence-corrected chi connectivity index (χ4v) is 6.45. The van der Waals surface area contributed by atoms with E-state index in [9.17, 15) is 13.6 Å². The Morgan fingerprint density at radius 1 is 1.14 bits per heavy atom. The molecule has 1 aromatic heterocycles. The summed E-state index contributed by atoms with van der Waals surface area (Å²) in [5.74, 6) is -1.95. The van der Waals surface area contributed by atoms with Crippen LogP contribution in [0.1, 0.15) is 69.4 Å². The van der Waals surface area contributed by atoms with Crippen molar-refractivity contribution in [3.63, 3.8) is 0 Å². The van der Waals surface area contributed by atoms with Gasteiger partial charge in [0.05, 0.1) is 17.9 Å². The van der Waals surface area contributed by atoms with Crippen molar-refractivity contribution in [1.82, 2.24) is 14.9 Å². The Labute approximate surface area is 217 Å². The number of hydrogen-bond acceptors (Lipinski definition) is 3. The largest absolute Gasteiger partial charge is 0.444 e. The number of benzene rings is 2. The summed E-state index contributed by atoms with van der Waals surface area (Å²) < 4.78 is 35.0. The number of aromatic nitrogens is 2. The smallest absolute Gasteiger partial charge is 0.410 e. The van der Waals surface area contributed by atoms with E-state index in [2.05, 4.69) is 25.9 Å². The van der Waals surface area contributed by atoms with Crippen molar-refractivity contribution in [1.29, 1.82) is 0 Å². The van der Waals surface area contributed by atoms with E-state index in [0.29, 0.717) is 12.4 Å². The zero-order chi connectivity index (χ0) is 25.5. The molecule has 2 fully saturated rings. The first-order valence-corrected chi connectivity index (χ1v) is 13.1. The van der Waals surface area contributed by atoms with Crippen LogP contribution in [0.2, 0.25) is 0 Å². The fourth-order valence-electron chi connectivity index (χ4n) is 6.09. The normalized spacial score (nSPS) is 21.3. The molecule has 188 valence electrons. The lowest BCUT2D eigenvalue weighted by atomic mass is 9.60. The van der Waals surface area contributed by atoms with Crippen molar-refractivity contribution in [3.05, 3.63) is 64.0 Å². The molecular weight excluding hydrogens is 528 g/mol. The lowest BCUT2D eigenvalue weighted by Crippen LogP contribution is -2.48. The average molecular weight is 556 g/mol. The van der Waals surface area contributed by atoms with Gasteiger partial charge in [-0.2, -0.15) is 0 Å². The highest BCUT2D eigenvalue weighted by Crippen LogP contribution is 2.64. The molecule has 2 heterocycles. The molecule has 1 saturated heterocycles. The van der Waals surface area contributed by atoms with E-state index in [1.165, 1.54) is 0 Å². The molecule has 1 unspecified atom stereocenters. The number of hydrogen-bond donors (Lipinski definition) is 1. The van der Waals surface area contributed by atoms with E-state index in [-0.39, 0.29) is 25.0 Å². The number of H-pyrrole nitrogens is 1. The Balaban J connectivity index is 1.33. The third-order valence-corrected chi connectivity index (χ3v) is 8.04. The van der Waals surface area contributed by atoms with Gasteiger partial charge in [0, 0.05) is 29.3 Å². The molecule has 1 aliphatic heterocycles. The van der Waals surface area contributed by atoms with Crippen LogP contribution in [0.4, 0.5) is 13.6 Å². The molecule has 1 amide bonds. The molecule has 2 aliphatic carbocycles. The summed E-state index contributed by atoms with van der Waals surface area (Å²) in [5.41, 5.74) is 4.44. The highest BCUT2D eigenvalue weighted by Gasteiger charge is 2.61. The number of likely N-dealkylation sites (tertiary alicyclic amines) is 1. The first-order chi connectivity index (χ1) is 17.0. The molecule has 1 saturated carbocycles. The van der Waals surface area contributed by atoms with Gasteiger partial charge in [-0.15, -0.1) is 0 Å². The minimum atomic E-state index is -2.66. The van der Waals surface area contributed by atoms with Gasteiger partial charge in [0.2, 0.25) is 0 Å². The zero-order valence-electron chi connectivity index (χ0n) is 20.5. The third-order valence-electron chi connectivity index (χ3n) is 7.55. The molecule has 1 N–H and O–H groups in total. The average Bonchev–Trinajstić information content (AvgIpc) is 3.49. The molecular formula is C28H28BrF2N3O2. The molecule has 5 nitrogen and oxygen atoms in total. The highest BCUT2D eigenvalue weighted by molar-refractivity contribution is 9.10. The maximum Gasteiger partial charge on any atom is 0.410 e. The van der Waals surface area contributed by atoms with Crippen LogP contribution in [-0.2, 0) is 10.2 Å². The van der Waals surface area contributed by atoms with Crippen molar-refractivity contribution < 1.29 is 18.3 Å². The molecule has 3 aromatic rings. The first-order valence-electron chi connectivity index (χ1n) is 12.3. The van der Waals surface area contributed by atoms with E-state index in [4.69, 9.17) is 4.74 Å². The predicted octanol–water partition coefficient (Wildman–Crippen LogP) is 7.61. The van der Waals surface area contributed by atoms with Gasteiger partial charge in [-0.25, -0.2) is 18.6 Å². The first kappa shape index (κ1) is 23.6. The second kappa shape index (κ2) is 7.88. The van der Waals surface area contributed by atoms with E-state index < -0.39 is 16.9 Å². The summed E-state index contributed by atoms with van der Waals surface area (Å²) >= 11 is 3.52. The van der Waals surface area contributed by atoms with Gasteiger partial charge in [-0.05, 0) is 79.6 Å². The molecule has 6 rings (SSSR count). The number of nitrogens with zero attached hydrogens (tertiary/aromatic N) is 2. The van der Waals surface area contributed by atoms with E-state index in [1.807, 2.05) is 57.2 Å². The fraction of sp³-hybridized carbons (Fsp3) is 0.429. The van der Waals surface area contributed by atoms with E-state index >= 15 is 0 Å². The molecule has 36 heavy (non-hydrogen) atoms. The van der Waals surface area contributed by atoms with Crippen molar-refractivity contribution in [2.24, 2.45) is 0 Å². The van der Waals surface area contributed by atoms with Gasteiger partial charge in [0.1, 0.15) is 11.4 Å². The van der Waals surface area contributed by atoms with Crippen LogP contribution in [0.25, 0.3) is 22.4 Å². The highest BCUT2D eigenvalue weighted by atomic mass is 79.9. The minimum Gasteiger partial charge on any atom is -0.444 e. The van der Waals surface area contributed by atoms with E-state index in [1.54, 1.807) is 11.1 Å². The molecule has 0 bridgehead atoms. The SMILES string of the molecule is CC(C)(C)OC(=O)N1CCCC1c1ncc(-c2ccc3c(c2)C2(CC(F)(F)C2)c2cc(Br)ccc2-3)[nH]1. The van der Waals surface area contributed by atoms with Gasteiger partial charge in [-0.1, -0.05) is 34.1 Å². The Kier molecular flexibility index (Phi) is 5.17. The summed E-state index contributed by atoms with van der Waals surface area (Å²) in [5, 5.41) is 0.